The van der Waals surface area contributed by atoms with Crippen LogP contribution in [-0.2, 0) is 32.9 Å². The number of carbonyl (C=O) groups excluding carboxylic acids is 1. The number of nitrogens with one attached hydrogen (secondary N) is 1. The van der Waals surface area contributed by atoms with Crippen LogP contribution in [-0.4, -0.2) is 41.4 Å². The van der Waals surface area contributed by atoms with E-state index in [0.29, 0.717) is 13.0 Å². The Morgan fingerprint density at radius 2 is 1.95 bits per heavy atom. The molecule has 0 saturated heterocycles. The van der Waals surface area contributed by atoms with Crippen LogP contribution in [0, 0.1) is 0 Å². The lowest BCUT2D eigenvalue weighted by Gasteiger charge is -2.29. The van der Waals surface area contributed by atoms with Gasteiger partial charge in [-0.3, -0.25) is 18.9 Å². The molecular weight excluding hydrogens is 312 g/mol. The number of carbonyl (C=O) groups is 2. The lowest BCUT2D eigenvalue weighted by Crippen LogP contribution is -2.36. The Balaban J connectivity index is 2.09. The van der Waals surface area contributed by atoms with Crippen molar-refractivity contribution in [2.24, 2.45) is 0 Å². The molecule has 0 radical (unpaired) electrons. The van der Waals surface area contributed by atoms with Crippen molar-refractivity contribution in [2.45, 2.75) is 25.8 Å². The van der Waals surface area contributed by atoms with Crippen molar-refractivity contribution in [2.75, 3.05) is 11.3 Å². The number of carboxylic acid groups (broad SMARTS) is 1. The van der Waals surface area contributed by atoms with Crippen LogP contribution in [0.1, 0.15) is 24.0 Å². The van der Waals surface area contributed by atoms with Gasteiger partial charge in [0.05, 0.1) is 12.1 Å². The molecule has 120 valence electrons. The smallest absolute Gasteiger partial charge is 0.357 e. The van der Waals surface area contributed by atoms with E-state index in [1.807, 2.05) is 4.72 Å². The quantitative estimate of drug-likeness (QED) is 0.682. The molecule has 1 amide bonds. The van der Waals surface area contributed by atoms with E-state index in [1.165, 1.54) is 6.07 Å². The van der Waals surface area contributed by atoms with Gasteiger partial charge in [0.2, 0.25) is 5.91 Å². The summed E-state index contributed by atoms with van der Waals surface area (Å²) in [6, 6.07) is 4.83. The highest BCUT2D eigenvalue weighted by atomic mass is 32.2. The third-order valence-electron chi connectivity index (χ3n) is 3.37. The SMILES string of the molecule is O=C(O)CCC(=O)N1CCc2ccc(NS(=O)(=O)O)cc2C1. The summed E-state index contributed by atoms with van der Waals surface area (Å²) in [7, 11) is -4.35. The largest absolute Gasteiger partial charge is 0.481 e. The molecule has 9 heteroatoms. The lowest BCUT2D eigenvalue weighted by molar-refractivity contribution is -0.141. The molecule has 8 nitrogen and oxygen atoms in total. The molecule has 0 aromatic heterocycles. The second-order valence-electron chi connectivity index (χ2n) is 5.02. The molecule has 1 heterocycles. The normalized spacial score (nSPS) is 14.3. The summed E-state index contributed by atoms with van der Waals surface area (Å²) in [5.41, 5.74) is 1.97. The first kappa shape index (κ1) is 16.2. The van der Waals surface area contributed by atoms with Gasteiger partial charge in [0.15, 0.2) is 0 Å². The highest BCUT2D eigenvalue weighted by molar-refractivity contribution is 7.87. The van der Waals surface area contributed by atoms with Crippen molar-refractivity contribution in [3.8, 4) is 0 Å². The van der Waals surface area contributed by atoms with Gasteiger partial charge in [-0.25, -0.2) is 0 Å². The first-order chi connectivity index (χ1) is 10.2. The fourth-order valence-electron chi connectivity index (χ4n) is 2.35. The zero-order chi connectivity index (χ0) is 16.3. The first-order valence-corrected chi connectivity index (χ1v) is 8.05. The standard InChI is InChI=1S/C13H16N2O6S/c16-12(3-4-13(17)18)15-6-5-9-1-2-11(7-10(9)8-15)14-22(19,20)21/h1-2,7,14H,3-6,8H2,(H,17,18)(H,19,20,21). The maximum absolute atomic E-state index is 11.9. The van der Waals surface area contributed by atoms with Gasteiger partial charge >= 0.3 is 16.3 Å². The van der Waals surface area contributed by atoms with Gasteiger partial charge in [0.25, 0.3) is 0 Å². The molecule has 1 aromatic carbocycles. The third-order valence-corrected chi connectivity index (χ3v) is 3.86. The molecule has 0 unspecified atom stereocenters. The Morgan fingerprint density at radius 3 is 2.59 bits per heavy atom. The van der Waals surface area contributed by atoms with E-state index in [-0.39, 0.29) is 31.0 Å². The minimum atomic E-state index is -4.35. The molecule has 2 rings (SSSR count). The van der Waals surface area contributed by atoms with Crippen molar-refractivity contribution in [3.05, 3.63) is 29.3 Å². The molecule has 3 N–H and O–H groups in total. The number of benzene rings is 1. The fraction of sp³-hybridized carbons (Fsp3) is 0.385. The third kappa shape index (κ3) is 4.43. The van der Waals surface area contributed by atoms with Crippen molar-refractivity contribution in [1.29, 1.82) is 0 Å². The van der Waals surface area contributed by atoms with Crippen LogP contribution in [0.3, 0.4) is 0 Å². The molecule has 0 spiro atoms. The molecule has 0 saturated carbocycles. The highest BCUT2D eigenvalue weighted by Gasteiger charge is 2.21. The average molecular weight is 328 g/mol. The number of anilines is 1. The number of nitrogens with zero attached hydrogens (tertiary/aromatic N) is 1. The predicted octanol–water partition coefficient (Wildman–Crippen LogP) is 0.651. The first-order valence-electron chi connectivity index (χ1n) is 6.61. The number of rotatable bonds is 5. The Morgan fingerprint density at radius 1 is 1.23 bits per heavy atom. The second kappa shape index (κ2) is 6.32. The van der Waals surface area contributed by atoms with Gasteiger partial charge in [0, 0.05) is 19.5 Å². The van der Waals surface area contributed by atoms with Crippen LogP contribution in [0.25, 0.3) is 0 Å². The maximum atomic E-state index is 11.9. The van der Waals surface area contributed by atoms with Crippen LogP contribution in [0.5, 0.6) is 0 Å². The van der Waals surface area contributed by atoms with Gasteiger partial charge in [-0.2, -0.15) is 8.42 Å². The van der Waals surface area contributed by atoms with Gasteiger partial charge in [0.1, 0.15) is 0 Å². The highest BCUT2D eigenvalue weighted by Crippen LogP contribution is 2.23. The van der Waals surface area contributed by atoms with Crippen molar-refractivity contribution in [3.63, 3.8) is 0 Å². The maximum Gasteiger partial charge on any atom is 0.357 e. The number of fused-ring (bicyclic) bond motifs is 1. The molecule has 0 fully saturated rings. The molecule has 1 aliphatic heterocycles. The second-order valence-corrected chi connectivity index (χ2v) is 6.17. The number of aliphatic carboxylic acids is 1. The summed E-state index contributed by atoms with van der Waals surface area (Å²) in [6.45, 7) is 0.783. The summed E-state index contributed by atoms with van der Waals surface area (Å²) in [5.74, 6) is -1.27. The minimum Gasteiger partial charge on any atom is -0.481 e. The molecule has 0 bridgehead atoms. The van der Waals surface area contributed by atoms with E-state index in [0.717, 1.165) is 11.1 Å². The number of hydrogen-bond acceptors (Lipinski definition) is 4. The Bertz CT molecular complexity index is 700. The zero-order valence-corrected chi connectivity index (χ0v) is 12.5. The van der Waals surface area contributed by atoms with E-state index < -0.39 is 16.3 Å². The summed E-state index contributed by atoms with van der Waals surface area (Å²) < 4.78 is 32.4. The predicted molar refractivity (Wildman–Crippen MR) is 77.6 cm³/mol. The van der Waals surface area contributed by atoms with Crippen LogP contribution in [0.15, 0.2) is 18.2 Å². The zero-order valence-electron chi connectivity index (χ0n) is 11.7. The van der Waals surface area contributed by atoms with Crippen LogP contribution in [0.2, 0.25) is 0 Å². The van der Waals surface area contributed by atoms with Crippen LogP contribution in [0.4, 0.5) is 5.69 Å². The average Bonchev–Trinajstić information content (AvgIpc) is 2.42. The summed E-state index contributed by atoms with van der Waals surface area (Å²) >= 11 is 0. The Hall–Kier alpha value is -2.13. The number of carboxylic acids is 1. The molecule has 1 aliphatic rings. The Kier molecular flexibility index (Phi) is 4.67. The van der Waals surface area contributed by atoms with E-state index in [4.69, 9.17) is 9.66 Å². The van der Waals surface area contributed by atoms with Crippen LogP contribution < -0.4 is 4.72 Å². The molecule has 0 aliphatic carbocycles. The summed E-state index contributed by atoms with van der Waals surface area (Å²) in [5, 5.41) is 8.60. The summed E-state index contributed by atoms with van der Waals surface area (Å²) in [4.78, 5) is 24.0. The van der Waals surface area contributed by atoms with Gasteiger partial charge in [-0.15, -0.1) is 0 Å². The topological polar surface area (TPSA) is 124 Å². The Labute approximate surface area is 127 Å². The fourth-order valence-corrected chi connectivity index (χ4v) is 2.78. The molecule has 22 heavy (non-hydrogen) atoms. The minimum absolute atomic E-state index is 0.0619. The van der Waals surface area contributed by atoms with E-state index in [2.05, 4.69) is 0 Å². The van der Waals surface area contributed by atoms with Gasteiger partial charge < -0.3 is 10.0 Å². The molecule has 1 aromatic rings. The van der Waals surface area contributed by atoms with E-state index in [1.54, 1.807) is 17.0 Å². The van der Waals surface area contributed by atoms with Crippen LogP contribution >= 0.6 is 0 Å². The van der Waals surface area contributed by atoms with Crippen molar-refractivity contribution in [1.82, 2.24) is 4.90 Å². The monoisotopic (exact) mass is 328 g/mol. The summed E-state index contributed by atoms with van der Waals surface area (Å²) in [6.07, 6.45) is 0.334. The lowest BCUT2D eigenvalue weighted by atomic mass is 9.99. The molecular formula is C13H16N2O6S. The number of amides is 1. The van der Waals surface area contributed by atoms with Crippen molar-refractivity contribution >= 4 is 27.9 Å². The van der Waals surface area contributed by atoms with E-state index >= 15 is 0 Å². The number of hydrogen-bond donors (Lipinski definition) is 3. The van der Waals surface area contributed by atoms with Gasteiger partial charge in [-0.1, -0.05) is 6.07 Å². The van der Waals surface area contributed by atoms with E-state index in [9.17, 15) is 18.0 Å². The van der Waals surface area contributed by atoms with Gasteiger partial charge in [-0.05, 0) is 29.7 Å². The van der Waals surface area contributed by atoms with Crippen molar-refractivity contribution < 1.29 is 27.7 Å². The molecule has 0 atom stereocenters.